The third-order valence-corrected chi connectivity index (χ3v) is 6.73. The van der Waals surface area contributed by atoms with E-state index in [0.29, 0.717) is 52.0 Å². The Labute approximate surface area is 237 Å². The van der Waals surface area contributed by atoms with E-state index in [9.17, 15) is 4.79 Å². The molecule has 0 aliphatic rings. The van der Waals surface area contributed by atoms with E-state index in [1.54, 1.807) is 24.4 Å². The molecular weight excluding hydrogens is 622 g/mol. The van der Waals surface area contributed by atoms with Gasteiger partial charge in [-0.3, -0.25) is 4.79 Å². The molecule has 1 heterocycles. The summed E-state index contributed by atoms with van der Waals surface area (Å²) in [5.41, 5.74) is 1.61. The monoisotopic (exact) mass is 645 g/mol. The third-order valence-electron chi connectivity index (χ3n) is 5.43. The van der Waals surface area contributed by atoms with Crippen LogP contribution in [-0.2, 0) is 12.0 Å². The van der Waals surface area contributed by atoms with Crippen LogP contribution in [0.2, 0.25) is 5.02 Å². The molecule has 0 radical (unpaired) electrons. The highest BCUT2D eigenvalue weighted by molar-refractivity contribution is 9.10. The van der Waals surface area contributed by atoms with Gasteiger partial charge < -0.3 is 9.47 Å². The van der Waals surface area contributed by atoms with E-state index in [1.807, 2.05) is 64.1 Å². The number of ether oxygens (including phenoxy) is 2. The Morgan fingerprint density at radius 2 is 1.73 bits per heavy atom. The van der Waals surface area contributed by atoms with Gasteiger partial charge >= 0.3 is 0 Å². The Morgan fingerprint density at radius 1 is 1.03 bits per heavy atom. The zero-order valence-electron chi connectivity index (χ0n) is 20.9. The van der Waals surface area contributed by atoms with E-state index < -0.39 is 5.41 Å². The molecular formula is C28H26Br2ClN3O3. The fourth-order valence-electron chi connectivity index (χ4n) is 3.67. The van der Waals surface area contributed by atoms with Crippen LogP contribution in [0.5, 0.6) is 11.5 Å². The molecule has 0 N–H and O–H groups in total. The summed E-state index contributed by atoms with van der Waals surface area (Å²) in [5, 5.41) is 5.40. The maximum atomic E-state index is 13.4. The molecule has 0 saturated carbocycles. The first-order valence-corrected chi connectivity index (χ1v) is 13.6. The number of hydrogen-bond acceptors (Lipinski definition) is 5. The van der Waals surface area contributed by atoms with Gasteiger partial charge in [0, 0.05) is 14.4 Å². The molecule has 9 heteroatoms. The molecule has 0 bridgehead atoms. The van der Waals surface area contributed by atoms with Crippen LogP contribution in [0.4, 0.5) is 0 Å². The van der Waals surface area contributed by atoms with E-state index in [0.717, 1.165) is 14.5 Å². The van der Waals surface area contributed by atoms with Crippen molar-refractivity contribution < 1.29 is 9.47 Å². The Hall–Kier alpha value is -2.68. The van der Waals surface area contributed by atoms with Gasteiger partial charge in [-0.25, -0.2) is 4.98 Å². The highest BCUT2D eigenvalue weighted by Gasteiger charge is 2.23. The van der Waals surface area contributed by atoms with Gasteiger partial charge in [0.1, 0.15) is 12.4 Å². The zero-order valence-corrected chi connectivity index (χ0v) is 24.8. The van der Waals surface area contributed by atoms with Gasteiger partial charge in [-0.05, 0) is 60.5 Å². The van der Waals surface area contributed by atoms with Crippen LogP contribution < -0.4 is 15.0 Å². The lowest BCUT2D eigenvalue weighted by Crippen LogP contribution is -2.29. The molecule has 6 nitrogen and oxygen atoms in total. The van der Waals surface area contributed by atoms with Crippen molar-refractivity contribution in [1.82, 2.24) is 9.66 Å². The van der Waals surface area contributed by atoms with E-state index >= 15 is 0 Å². The summed E-state index contributed by atoms with van der Waals surface area (Å²) < 4.78 is 15.0. The average molecular weight is 648 g/mol. The molecule has 0 aliphatic heterocycles. The van der Waals surface area contributed by atoms with Gasteiger partial charge in [0.05, 0.1) is 28.7 Å². The van der Waals surface area contributed by atoms with Crippen LogP contribution in [-0.4, -0.2) is 22.5 Å². The fourth-order valence-corrected chi connectivity index (χ4v) is 4.57. The lowest BCUT2D eigenvalue weighted by atomic mass is 9.95. The Kier molecular flexibility index (Phi) is 8.41. The second-order valence-electron chi connectivity index (χ2n) is 9.39. The highest BCUT2D eigenvalue weighted by Crippen LogP contribution is 2.37. The molecule has 4 aromatic rings. The maximum absolute atomic E-state index is 13.4. The third kappa shape index (κ3) is 6.43. The van der Waals surface area contributed by atoms with Crippen molar-refractivity contribution in [3.05, 3.63) is 95.9 Å². The summed E-state index contributed by atoms with van der Waals surface area (Å²) >= 11 is 13.5. The molecule has 0 amide bonds. The van der Waals surface area contributed by atoms with E-state index in [1.165, 1.54) is 4.68 Å². The summed E-state index contributed by atoms with van der Waals surface area (Å²) in [6.07, 6.45) is 1.58. The fraction of sp³-hybridized carbons (Fsp3) is 0.250. The maximum Gasteiger partial charge on any atom is 0.282 e. The molecule has 0 aliphatic carbocycles. The smallest absolute Gasteiger partial charge is 0.282 e. The van der Waals surface area contributed by atoms with Gasteiger partial charge in [0.2, 0.25) is 0 Å². The molecule has 3 aromatic carbocycles. The van der Waals surface area contributed by atoms with E-state index in [4.69, 9.17) is 26.1 Å². The van der Waals surface area contributed by atoms with Crippen molar-refractivity contribution >= 4 is 60.6 Å². The number of nitrogens with zero attached hydrogens (tertiary/aromatic N) is 3. The largest absolute Gasteiger partial charge is 0.490 e. The van der Waals surface area contributed by atoms with Crippen molar-refractivity contribution in [3.63, 3.8) is 0 Å². The van der Waals surface area contributed by atoms with Crippen LogP contribution in [0.25, 0.3) is 10.9 Å². The van der Waals surface area contributed by atoms with Crippen LogP contribution >= 0.6 is 43.5 Å². The lowest BCUT2D eigenvalue weighted by Gasteiger charge is -2.21. The normalized spacial score (nSPS) is 11.9. The Balaban J connectivity index is 1.72. The van der Waals surface area contributed by atoms with Crippen molar-refractivity contribution in [2.24, 2.45) is 5.10 Å². The summed E-state index contributed by atoms with van der Waals surface area (Å²) in [7, 11) is 0. The molecule has 0 unspecified atom stereocenters. The summed E-state index contributed by atoms with van der Waals surface area (Å²) in [6, 6.07) is 16.8. The van der Waals surface area contributed by atoms with Crippen LogP contribution in [0.15, 0.2) is 73.4 Å². The van der Waals surface area contributed by atoms with Gasteiger partial charge in [-0.15, -0.1) is 0 Å². The van der Waals surface area contributed by atoms with Crippen LogP contribution in [0.3, 0.4) is 0 Å². The number of benzene rings is 3. The minimum Gasteiger partial charge on any atom is -0.490 e. The second-order valence-corrected chi connectivity index (χ2v) is 11.6. The second kappa shape index (κ2) is 11.4. The summed E-state index contributed by atoms with van der Waals surface area (Å²) in [6.45, 7) is 8.64. The van der Waals surface area contributed by atoms with Gasteiger partial charge in [-0.1, -0.05) is 76.4 Å². The number of fused-ring (bicyclic) bond motifs is 1. The topological polar surface area (TPSA) is 65.7 Å². The van der Waals surface area contributed by atoms with Crippen LogP contribution in [0, 0.1) is 0 Å². The summed E-state index contributed by atoms with van der Waals surface area (Å²) in [4.78, 5) is 18.2. The SMILES string of the molecule is CCOc1cc(C=Nn2c(C(C)(C)C)nc3ccc(Br)cc3c2=O)cc(Cl)c1OCc1ccc(Br)cc1. The van der Waals surface area contributed by atoms with E-state index in [-0.39, 0.29) is 5.56 Å². The number of aromatic nitrogens is 2. The lowest BCUT2D eigenvalue weighted by molar-refractivity contribution is 0.269. The first-order valence-electron chi connectivity index (χ1n) is 11.7. The molecule has 37 heavy (non-hydrogen) atoms. The highest BCUT2D eigenvalue weighted by atomic mass is 79.9. The molecule has 0 saturated heterocycles. The minimum absolute atomic E-state index is 0.252. The van der Waals surface area contributed by atoms with Crippen molar-refractivity contribution in [2.45, 2.75) is 39.7 Å². The molecule has 192 valence electrons. The van der Waals surface area contributed by atoms with Crippen molar-refractivity contribution in [2.75, 3.05) is 6.61 Å². The van der Waals surface area contributed by atoms with Gasteiger partial charge in [0.15, 0.2) is 11.5 Å². The van der Waals surface area contributed by atoms with Gasteiger partial charge in [-0.2, -0.15) is 9.78 Å². The minimum atomic E-state index is -0.420. The summed E-state index contributed by atoms with van der Waals surface area (Å²) in [5.74, 6) is 1.50. The Morgan fingerprint density at radius 3 is 2.41 bits per heavy atom. The number of rotatable bonds is 7. The zero-order chi connectivity index (χ0) is 26.7. The predicted octanol–water partition coefficient (Wildman–Crippen LogP) is 7.73. The van der Waals surface area contributed by atoms with E-state index in [2.05, 4.69) is 37.0 Å². The molecule has 0 atom stereocenters. The standard InChI is InChI=1S/C28H26Br2ClN3O3/c1-5-36-24-13-18(12-22(31)25(24)37-16-17-6-8-19(29)9-7-17)15-32-34-26(35)21-14-20(30)10-11-23(21)33-27(34)28(2,3)4/h6-15H,5,16H2,1-4H3. The molecule has 0 spiro atoms. The number of halogens is 3. The molecule has 4 rings (SSSR count). The quantitative estimate of drug-likeness (QED) is 0.193. The first-order chi connectivity index (χ1) is 17.6. The predicted molar refractivity (Wildman–Crippen MR) is 156 cm³/mol. The molecule has 0 fully saturated rings. The Bertz CT molecular complexity index is 1530. The average Bonchev–Trinajstić information content (AvgIpc) is 2.84. The molecule has 1 aromatic heterocycles. The van der Waals surface area contributed by atoms with Gasteiger partial charge in [0.25, 0.3) is 5.56 Å². The number of hydrogen-bond donors (Lipinski definition) is 0. The van der Waals surface area contributed by atoms with Crippen LogP contribution in [0.1, 0.15) is 44.6 Å². The van der Waals surface area contributed by atoms with Crippen molar-refractivity contribution in [1.29, 1.82) is 0 Å². The van der Waals surface area contributed by atoms with Crippen molar-refractivity contribution in [3.8, 4) is 11.5 Å². The first kappa shape index (κ1) is 27.4.